The molecule has 1 aromatic rings. The van der Waals surface area contributed by atoms with Crippen LogP contribution in [-0.2, 0) is 0 Å². The average Bonchev–Trinajstić information content (AvgIpc) is 2.64. The van der Waals surface area contributed by atoms with Crippen LogP contribution in [0, 0.1) is 12.8 Å². The standard InChI is InChI=1S/C14H22N2/c1-11-3-5-13(6-4-11)16-14(10-15)8-7-12(2)9-14/h3-6,12,16H,7-10,15H2,1-2H3. The molecule has 2 atom stereocenters. The van der Waals surface area contributed by atoms with E-state index in [0.717, 1.165) is 12.5 Å². The summed E-state index contributed by atoms with van der Waals surface area (Å²) in [5, 5.41) is 3.64. The third kappa shape index (κ3) is 2.38. The van der Waals surface area contributed by atoms with Gasteiger partial charge in [-0.15, -0.1) is 0 Å². The third-order valence-corrected chi connectivity index (χ3v) is 3.71. The quantitative estimate of drug-likeness (QED) is 0.818. The fraction of sp³-hybridized carbons (Fsp3) is 0.571. The van der Waals surface area contributed by atoms with Gasteiger partial charge in [-0.3, -0.25) is 0 Å². The highest BCUT2D eigenvalue weighted by molar-refractivity contribution is 5.47. The van der Waals surface area contributed by atoms with Gasteiger partial charge in [0.05, 0.1) is 0 Å². The van der Waals surface area contributed by atoms with E-state index in [0.29, 0.717) is 0 Å². The van der Waals surface area contributed by atoms with Gasteiger partial charge in [-0.25, -0.2) is 0 Å². The minimum Gasteiger partial charge on any atom is -0.378 e. The maximum Gasteiger partial charge on any atom is 0.0498 e. The van der Waals surface area contributed by atoms with Gasteiger partial charge in [0.25, 0.3) is 0 Å². The summed E-state index contributed by atoms with van der Waals surface area (Å²) < 4.78 is 0. The molecule has 0 amide bonds. The second-order valence-corrected chi connectivity index (χ2v) is 5.32. The zero-order chi connectivity index (χ0) is 11.6. The Morgan fingerprint density at radius 2 is 2.06 bits per heavy atom. The summed E-state index contributed by atoms with van der Waals surface area (Å²) in [4.78, 5) is 0. The number of aryl methyl sites for hydroxylation is 1. The number of nitrogens with two attached hydrogens (primary N) is 1. The number of anilines is 1. The highest BCUT2D eigenvalue weighted by atomic mass is 15.0. The van der Waals surface area contributed by atoms with Crippen LogP contribution in [0.25, 0.3) is 0 Å². The molecule has 2 nitrogen and oxygen atoms in total. The van der Waals surface area contributed by atoms with Crippen molar-refractivity contribution in [2.75, 3.05) is 11.9 Å². The molecule has 1 fully saturated rings. The van der Waals surface area contributed by atoms with Gasteiger partial charge in [0.1, 0.15) is 0 Å². The summed E-state index contributed by atoms with van der Waals surface area (Å²) in [7, 11) is 0. The first kappa shape index (κ1) is 11.5. The Kier molecular flexibility index (Phi) is 3.20. The Hall–Kier alpha value is -1.02. The molecule has 1 saturated carbocycles. The van der Waals surface area contributed by atoms with E-state index in [9.17, 15) is 0 Å². The summed E-state index contributed by atoms with van der Waals surface area (Å²) in [5.41, 5.74) is 8.58. The monoisotopic (exact) mass is 218 g/mol. The maximum absolute atomic E-state index is 5.95. The molecule has 0 bridgehead atoms. The molecule has 0 heterocycles. The third-order valence-electron chi connectivity index (χ3n) is 3.71. The fourth-order valence-electron chi connectivity index (χ4n) is 2.69. The normalized spacial score (nSPS) is 29.3. The molecule has 0 aliphatic heterocycles. The van der Waals surface area contributed by atoms with Crippen molar-refractivity contribution in [2.45, 2.75) is 38.6 Å². The molecule has 1 aliphatic carbocycles. The SMILES string of the molecule is Cc1ccc(NC2(CN)CCC(C)C2)cc1. The van der Waals surface area contributed by atoms with Crippen molar-refractivity contribution in [3.8, 4) is 0 Å². The van der Waals surface area contributed by atoms with Crippen molar-refractivity contribution in [1.29, 1.82) is 0 Å². The molecule has 1 aromatic carbocycles. The van der Waals surface area contributed by atoms with Gasteiger partial charge >= 0.3 is 0 Å². The summed E-state index contributed by atoms with van der Waals surface area (Å²) in [6.07, 6.45) is 3.67. The Morgan fingerprint density at radius 3 is 2.56 bits per heavy atom. The highest BCUT2D eigenvalue weighted by Gasteiger charge is 2.35. The predicted molar refractivity (Wildman–Crippen MR) is 69.6 cm³/mol. The van der Waals surface area contributed by atoms with E-state index in [-0.39, 0.29) is 5.54 Å². The van der Waals surface area contributed by atoms with Gasteiger partial charge in [-0.1, -0.05) is 24.6 Å². The molecule has 0 spiro atoms. The molecule has 2 unspecified atom stereocenters. The summed E-state index contributed by atoms with van der Waals surface area (Å²) in [6, 6.07) is 8.58. The molecule has 2 heteroatoms. The van der Waals surface area contributed by atoms with Gasteiger partial charge in [0.2, 0.25) is 0 Å². The lowest BCUT2D eigenvalue weighted by atomic mass is 9.96. The Morgan fingerprint density at radius 1 is 1.38 bits per heavy atom. The van der Waals surface area contributed by atoms with E-state index in [1.165, 1.54) is 30.5 Å². The summed E-state index contributed by atoms with van der Waals surface area (Å²) in [5.74, 6) is 0.793. The zero-order valence-corrected chi connectivity index (χ0v) is 10.3. The zero-order valence-electron chi connectivity index (χ0n) is 10.3. The first-order valence-corrected chi connectivity index (χ1v) is 6.18. The van der Waals surface area contributed by atoms with Crippen molar-refractivity contribution in [2.24, 2.45) is 11.7 Å². The fourth-order valence-corrected chi connectivity index (χ4v) is 2.69. The Bertz CT molecular complexity index is 344. The van der Waals surface area contributed by atoms with Crippen LogP contribution in [0.3, 0.4) is 0 Å². The van der Waals surface area contributed by atoms with Gasteiger partial charge in [0, 0.05) is 17.8 Å². The number of hydrogen-bond donors (Lipinski definition) is 2. The van der Waals surface area contributed by atoms with Crippen LogP contribution in [0.5, 0.6) is 0 Å². The van der Waals surface area contributed by atoms with Crippen molar-refractivity contribution in [3.63, 3.8) is 0 Å². The lowest BCUT2D eigenvalue weighted by Crippen LogP contribution is -2.43. The summed E-state index contributed by atoms with van der Waals surface area (Å²) >= 11 is 0. The largest absolute Gasteiger partial charge is 0.378 e. The molecule has 16 heavy (non-hydrogen) atoms. The molecule has 1 aliphatic rings. The van der Waals surface area contributed by atoms with Crippen molar-refractivity contribution in [1.82, 2.24) is 0 Å². The van der Waals surface area contributed by atoms with Crippen molar-refractivity contribution < 1.29 is 0 Å². The van der Waals surface area contributed by atoms with Crippen LogP contribution in [0.15, 0.2) is 24.3 Å². The molecule has 3 N–H and O–H groups in total. The van der Waals surface area contributed by atoms with Gasteiger partial charge in [0.15, 0.2) is 0 Å². The van der Waals surface area contributed by atoms with Crippen LogP contribution < -0.4 is 11.1 Å². The highest BCUT2D eigenvalue weighted by Crippen LogP contribution is 2.36. The molecule has 0 radical (unpaired) electrons. The smallest absolute Gasteiger partial charge is 0.0498 e. The summed E-state index contributed by atoms with van der Waals surface area (Å²) in [6.45, 7) is 5.15. The second-order valence-electron chi connectivity index (χ2n) is 5.32. The van der Waals surface area contributed by atoms with Crippen LogP contribution in [0.4, 0.5) is 5.69 Å². The van der Waals surface area contributed by atoms with E-state index in [4.69, 9.17) is 5.73 Å². The first-order chi connectivity index (χ1) is 7.63. The van der Waals surface area contributed by atoms with Crippen LogP contribution in [0.2, 0.25) is 0 Å². The molecule has 0 saturated heterocycles. The minimum absolute atomic E-state index is 0.134. The van der Waals surface area contributed by atoms with Crippen LogP contribution in [-0.4, -0.2) is 12.1 Å². The van der Waals surface area contributed by atoms with E-state index in [1.54, 1.807) is 0 Å². The van der Waals surface area contributed by atoms with E-state index >= 15 is 0 Å². The number of rotatable bonds is 3. The van der Waals surface area contributed by atoms with Gasteiger partial charge in [-0.05, 0) is 44.2 Å². The van der Waals surface area contributed by atoms with Crippen LogP contribution >= 0.6 is 0 Å². The van der Waals surface area contributed by atoms with Crippen LogP contribution in [0.1, 0.15) is 31.7 Å². The lowest BCUT2D eigenvalue weighted by molar-refractivity contribution is 0.470. The molecular formula is C14H22N2. The second kappa shape index (κ2) is 4.46. The van der Waals surface area contributed by atoms with E-state index in [1.807, 2.05) is 0 Å². The number of benzene rings is 1. The molecule has 88 valence electrons. The van der Waals surface area contributed by atoms with Gasteiger partial charge < -0.3 is 11.1 Å². The first-order valence-electron chi connectivity index (χ1n) is 6.18. The Balaban J connectivity index is 2.10. The van der Waals surface area contributed by atoms with Crippen molar-refractivity contribution >= 4 is 5.69 Å². The molecule has 2 rings (SSSR count). The number of nitrogens with one attached hydrogen (secondary N) is 1. The van der Waals surface area contributed by atoms with E-state index < -0.39 is 0 Å². The molecular weight excluding hydrogens is 196 g/mol. The average molecular weight is 218 g/mol. The van der Waals surface area contributed by atoms with Gasteiger partial charge in [-0.2, -0.15) is 0 Å². The maximum atomic E-state index is 5.95. The van der Waals surface area contributed by atoms with E-state index in [2.05, 4.69) is 43.4 Å². The van der Waals surface area contributed by atoms with Crippen molar-refractivity contribution in [3.05, 3.63) is 29.8 Å². The Labute approximate surface area is 98.2 Å². The predicted octanol–water partition coefficient (Wildman–Crippen LogP) is 2.92. The lowest BCUT2D eigenvalue weighted by Gasteiger charge is -2.30. The minimum atomic E-state index is 0.134. The topological polar surface area (TPSA) is 38.0 Å². The number of hydrogen-bond acceptors (Lipinski definition) is 2. The molecule has 0 aromatic heterocycles.